The molecule has 1 N–H and O–H groups in total. The average Bonchev–Trinajstić information content (AvgIpc) is 2.60. The first-order valence-electron chi connectivity index (χ1n) is 8.25. The van der Waals surface area contributed by atoms with E-state index in [0.29, 0.717) is 5.56 Å². The highest BCUT2D eigenvalue weighted by molar-refractivity contribution is 5.92. The lowest BCUT2D eigenvalue weighted by Crippen LogP contribution is -2.34. The third kappa shape index (κ3) is 3.65. The fourth-order valence-electron chi connectivity index (χ4n) is 3.15. The van der Waals surface area contributed by atoms with Crippen LogP contribution in [0.25, 0.3) is 0 Å². The number of amides is 1. The highest BCUT2D eigenvalue weighted by Gasteiger charge is 2.22. The average molecular weight is 323 g/mol. The predicted molar refractivity (Wildman–Crippen MR) is 91.7 cm³/mol. The van der Waals surface area contributed by atoms with Crippen molar-refractivity contribution in [2.75, 3.05) is 6.61 Å². The molecular weight excluding hydrogens is 302 g/mol. The van der Waals surface area contributed by atoms with Crippen LogP contribution in [0.4, 0.5) is 0 Å². The Balaban J connectivity index is 1.57. The summed E-state index contributed by atoms with van der Waals surface area (Å²) in [5.41, 5.74) is 3.78. The van der Waals surface area contributed by atoms with Crippen molar-refractivity contribution in [1.29, 1.82) is 0 Å². The molecule has 0 saturated heterocycles. The Morgan fingerprint density at radius 2 is 1.88 bits per heavy atom. The second kappa shape index (κ2) is 7.30. The van der Waals surface area contributed by atoms with E-state index in [-0.39, 0.29) is 18.6 Å². The fraction of sp³-hybridized carbons (Fsp3) is 0.300. The van der Waals surface area contributed by atoms with Gasteiger partial charge in [-0.1, -0.05) is 42.5 Å². The van der Waals surface area contributed by atoms with Crippen LogP contribution in [0.1, 0.15) is 45.9 Å². The Morgan fingerprint density at radius 3 is 2.71 bits per heavy atom. The van der Waals surface area contributed by atoms with Gasteiger partial charge in [-0.2, -0.15) is 0 Å². The molecule has 124 valence electrons. The zero-order valence-electron chi connectivity index (χ0n) is 13.7. The number of carbonyl (C=O) groups excluding carboxylic acids is 2. The van der Waals surface area contributed by atoms with Crippen molar-refractivity contribution in [2.45, 2.75) is 32.2 Å². The lowest BCUT2D eigenvalue weighted by Gasteiger charge is -2.26. The molecule has 1 aliphatic rings. The van der Waals surface area contributed by atoms with Gasteiger partial charge in [0, 0.05) is 0 Å². The number of aryl methyl sites for hydroxylation is 2. The molecule has 2 aromatic rings. The number of hydrogen-bond acceptors (Lipinski definition) is 3. The maximum Gasteiger partial charge on any atom is 0.338 e. The number of ether oxygens (including phenoxy) is 1. The molecule has 4 nitrogen and oxygen atoms in total. The molecule has 1 amide bonds. The molecule has 0 aliphatic heterocycles. The minimum Gasteiger partial charge on any atom is -0.452 e. The van der Waals surface area contributed by atoms with E-state index in [1.807, 2.05) is 31.2 Å². The van der Waals surface area contributed by atoms with Crippen LogP contribution in [-0.2, 0) is 16.0 Å². The zero-order valence-corrected chi connectivity index (χ0v) is 13.7. The quantitative estimate of drug-likeness (QED) is 0.878. The Hall–Kier alpha value is -2.62. The standard InChI is InChI=1S/C20H21NO3/c1-14-7-2-4-10-16(14)20(23)24-13-19(22)21-18-12-6-9-15-8-3-5-11-17(15)18/h2-5,7-8,10-11,18H,6,9,12-13H2,1H3,(H,21,22)/t18-/m1/s1. The monoisotopic (exact) mass is 323 g/mol. The van der Waals surface area contributed by atoms with Crippen molar-refractivity contribution in [3.63, 3.8) is 0 Å². The first-order chi connectivity index (χ1) is 11.6. The molecule has 0 heterocycles. The van der Waals surface area contributed by atoms with Crippen molar-refractivity contribution < 1.29 is 14.3 Å². The Labute approximate surface area is 141 Å². The third-order valence-electron chi connectivity index (χ3n) is 4.40. The van der Waals surface area contributed by atoms with Gasteiger partial charge in [-0.05, 0) is 48.9 Å². The second-order valence-corrected chi connectivity index (χ2v) is 6.10. The van der Waals surface area contributed by atoms with Gasteiger partial charge in [-0.15, -0.1) is 0 Å². The van der Waals surface area contributed by atoms with Crippen LogP contribution in [-0.4, -0.2) is 18.5 Å². The summed E-state index contributed by atoms with van der Waals surface area (Å²) in [5, 5.41) is 2.98. The number of esters is 1. The van der Waals surface area contributed by atoms with E-state index >= 15 is 0 Å². The van der Waals surface area contributed by atoms with Crippen molar-refractivity contribution >= 4 is 11.9 Å². The van der Waals surface area contributed by atoms with Gasteiger partial charge in [0.1, 0.15) is 0 Å². The van der Waals surface area contributed by atoms with Gasteiger partial charge in [-0.25, -0.2) is 4.79 Å². The minimum atomic E-state index is -0.465. The highest BCUT2D eigenvalue weighted by Crippen LogP contribution is 2.29. The number of benzene rings is 2. The SMILES string of the molecule is Cc1ccccc1C(=O)OCC(=O)N[C@@H]1CCCc2ccccc21. The van der Waals surface area contributed by atoms with E-state index in [4.69, 9.17) is 4.74 Å². The summed E-state index contributed by atoms with van der Waals surface area (Å²) < 4.78 is 5.15. The van der Waals surface area contributed by atoms with Crippen LogP contribution in [0.15, 0.2) is 48.5 Å². The molecule has 2 aromatic carbocycles. The van der Waals surface area contributed by atoms with Crippen LogP contribution in [0.5, 0.6) is 0 Å². The van der Waals surface area contributed by atoms with E-state index in [0.717, 1.165) is 24.8 Å². The number of hydrogen-bond donors (Lipinski definition) is 1. The normalized spacial score (nSPS) is 16.1. The molecule has 0 fully saturated rings. The summed E-state index contributed by atoms with van der Waals surface area (Å²) in [7, 11) is 0. The van der Waals surface area contributed by atoms with Crippen LogP contribution in [0.2, 0.25) is 0 Å². The lowest BCUT2D eigenvalue weighted by atomic mass is 9.88. The number of fused-ring (bicyclic) bond motifs is 1. The van der Waals surface area contributed by atoms with Gasteiger partial charge < -0.3 is 10.1 Å². The van der Waals surface area contributed by atoms with E-state index in [9.17, 15) is 9.59 Å². The second-order valence-electron chi connectivity index (χ2n) is 6.10. The molecule has 0 unspecified atom stereocenters. The van der Waals surface area contributed by atoms with E-state index in [1.54, 1.807) is 12.1 Å². The van der Waals surface area contributed by atoms with E-state index in [2.05, 4.69) is 17.4 Å². The third-order valence-corrected chi connectivity index (χ3v) is 4.40. The predicted octanol–water partition coefficient (Wildman–Crippen LogP) is 3.35. The van der Waals surface area contributed by atoms with E-state index < -0.39 is 5.97 Å². The van der Waals surface area contributed by atoms with Crippen molar-refractivity contribution in [2.24, 2.45) is 0 Å². The van der Waals surface area contributed by atoms with Gasteiger partial charge in [0.15, 0.2) is 6.61 Å². The maximum absolute atomic E-state index is 12.2. The summed E-state index contributed by atoms with van der Waals surface area (Å²) in [4.78, 5) is 24.2. The van der Waals surface area contributed by atoms with Gasteiger partial charge in [-0.3, -0.25) is 4.79 Å². The molecular formula is C20H21NO3. The molecule has 0 aromatic heterocycles. The van der Waals surface area contributed by atoms with Crippen LogP contribution in [0.3, 0.4) is 0 Å². The molecule has 1 atom stereocenters. The molecule has 1 aliphatic carbocycles. The maximum atomic E-state index is 12.2. The molecule has 24 heavy (non-hydrogen) atoms. The first kappa shape index (κ1) is 16.2. The molecule has 0 bridgehead atoms. The summed E-state index contributed by atoms with van der Waals surface area (Å²) in [6.45, 7) is 1.58. The number of nitrogens with one attached hydrogen (secondary N) is 1. The largest absolute Gasteiger partial charge is 0.452 e. The minimum absolute atomic E-state index is 0.000358. The smallest absolute Gasteiger partial charge is 0.338 e. The van der Waals surface area contributed by atoms with Gasteiger partial charge in [0.05, 0.1) is 11.6 Å². The lowest BCUT2D eigenvalue weighted by molar-refractivity contribution is -0.125. The van der Waals surface area contributed by atoms with Gasteiger partial charge >= 0.3 is 5.97 Å². The van der Waals surface area contributed by atoms with Crippen LogP contribution in [0, 0.1) is 6.92 Å². The highest BCUT2D eigenvalue weighted by atomic mass is 16.5. The molecule has 0 saturated carbocycles. The summed E-state index contributed by atoms with van der Waals surface area (Å²) in [6.07, 6.45) is 3.00. The van der Waals surface area contributed by atoms with Crippen LogP contribution < -0.4 is 5.32 Å². The van der Waals surface area contributed by atoms with Gasteiger partial charge in [0.25, 0.3) is 5.91 Å². The molecule has 0 spiro atoms. The Morgan fingerprint density at radius 1 is 1.12 bits per heavy atom. The van der Waals surface area contributed by atoms with Crippen molar-refractivity contribution in [1.82, 2.24) is 5.32 Å². The fourth-order valence-corrected chi connectivity index (χ4v) is 3.15. The number of rotatable bonds is 4. The number of carbonyl (C=O) groups is 2. The first-order valence-corrected chi connectivity index (χ1v) is 8.25. The summed E-state index contributed by atoms with van der Waals surface area (Å²) in [6, 6.07) is 15.4. The molecule has 4 heteroatoms. The van der Waals surface area contributed by atoms with E-state index in [1.165, 1.54) is 11.1 Å². The Bertz CT molecular complexity index is 754. The molecule has 0 radical (unpaired) electrons. The zero-order chi connectivity index (χ0) is 16.9. The summed E-state index contributed by atoms with van der Waals surface area (Å²) in [5.74, 6) is -0.731. The van der Waals surface area contributed by atoms with Crippen LogP contribution >= 0.6 is 0 Å². The van der Waals surface area contributed by atoms with Crippen molar-refractivity contribution in [3.05, 3.63) is 70.8 Å². The topological polar surface area (TPSA) is 55.4 Å². The van der Waals surface area contributed by atoms with Gasteiger partial charge in [0.2, 0.25) is 0 Å². The Kier molecular flexibility index (Phi) is 4.94. The molecule has 3 rings (SSSR count). The summed E-state index contributed by atoms with van der Waals surface area (Å²) >= 11 is 0. The van der Waals surface area contributed by atoms with Crippen molar-refractivity contribution in [3.8, 4) is 0 Å².